The Morgan fingerprint density at radius 1 is 1.14 bits per heavy atom. The lowest BCUT2D eigenvalue weighted by molar-refractivity contribution is 0.134. The third-order valence-electron chi connectivity index (χ3n) is 2.38. The summed E-state index contributed by atoms with van der Waals surface area (Å²) in [6, 6.07) is 8.03. The van der Waals surface area contributed by atoms with Crippen molar-refractivity contribution in [2.45, 2.75) is 5.72 Å². The van der Waals surface area contributed by atoms with Crippen molar-refractivity contribution in [1.29, 1.82) is 0 Å². The van der Waals surface area contributed by atoms with E-state index in [0.29, 0.717) is 0 Å². The summed E-state index contributed by atoms with van der Waals surface area (Å²) >= 11 is 0. The summed E-state index contributed by atoms with van der Waals surface area (Å²) in [5.74, 6) is 0. The summed E-state index contributed by atoms with van der Waals surface area (Å²) in [4.78, 5) is 4.53. The fourth-order valence-corrected chi connectivity index (χ4v) is 1.73. The molecule has 1 atom stereocenters. The highest BCUT2D eigenvalue weighted by Crippen LogP contribution is 2.21. The molecular weight excluding hydrogens is 174 g/mol. The largest absolute Gasteiger partial charge is 0.466 e. The SMILES string of the molecule is C1=COC2(C=C1)C=c1ccccc1=N2. The van der Waals surface area contributed by atoms with Crippen LogP contribution in [0, 0.1) is 0 Å². The maximum atomic E-state index is 5.52. The van der Waals surface area contributed by atoms with Crippen LogP contribution in [0.25, 0.3) is 6.08 Å². The quantitative estimate of drug-likeness (QED) is 0.585. The predicted octanol–water partition coefficient (Wildman–Crippen LogP) is 0.897. The Kier molecular flexibility index (Phi) is 1.39. The molecule has 14 heavy (non-hydrogen) atoms. The molecule has 1 unspecified atom stereocenters. The molecule has 1 spiro atoms. The van der Waals surface area contributed by atoms with Crippen molar-refractivity contribution in [3.63, 3.8) is 0 Å². The number of para-hydroxylation sites is 1. The molecule has 3 rings (SSSR count). The maximum absolute atomic E-state index is 5.52. The Balaban J connectivity index is 2.23. The van der Waals surface area contributed by atoms with Gasteiger partial charge >= 0.3 is 0 Å². The molecule has 2 nitrogen and oxygen atoms in total. The highest BCUT2D eigenvalue weighted by Gasteiger charge is 2.27. The summed E-state index contributed by atoms with van der Waals surface area (Å²) in [5, 5.41) is 2.12. The molecule has 0 fully saturated rings. The molecule has 68 valence electrons. The van der Waals surface area contributed by atoms with Crippen molar-refractivity contribution in [1.82, 2.24) is 0 Å². The van der Waals surface area contributed by atoms with Crippen LogP contribution in [0.5, 0.6) is 0 Å². The van der Waals surface area contributed by atoms with E-state index in [4.69, 9.17) is 4.74 Å². The van der Waals surface area contributed by atoms with E-state index in [1.165, 1.54) is 0 Å². The average molecular weight is 183 g/mol. The standard InChI is InChI=1S/C12H9NO/c1-2-6-11-10(5-1)9-12(13-11)7-3-4-8-14-12/h1-9H. The van der Waals surface area contributed by atoms with Gasteiger partial charge in [0, 0.05) is 5.22 Å². The summed E-state index contributed by atoms with van der Waals surface area (Å²) in [6.45, 7) is 0. The summed E-state index contributed by atoms with van der Waals surface area (Å²) < 4.78 is 5.52. The van der Waals surface area contributed by atoms with Gasteiger partial charge in [-0.1, -0.05) is 24.3 Å². The van der Waals surface area contributed by atoms with Gasteiger partial charge in [-0.15, -0.1) is 0 Å². The second-order valence-corrected chi connectivity index (χ2v) is 3.37. The van der Waals surface area contributed by atoms with Crippen LogP contribution in [0.15, 0.2) is 53.7 Å². The first kappa shape index (κ1) is 7.56. The summed E-state index contributed by atoms with van der Waals surface area (Å²) in [6.07, 6.45) is 9.47. The first-order valence-electron chi connectivity index (χ1n) is 4.58. The van der Waals surface area contributed by atoms with Crippen LogP contribution in [0.2, 0.25) is 0 Å². The van der Waals surface area contributed by atoms with E-state index in [1.54, 1.807) is 6.26 Å². The minimum absolute atomic E-state index is 0.585. The predicted molar refractivity (Wildman–Crippen MR) is 53.8 cm³/mol. The number of hydrogen-bond acceptors (Lipinski definition) is 2. The van der Waals surface area contributed by atoms with Gasteiger partial charge in [0.05, 0.1) is 11.6 Å². The van der Waals surface area contributed by atoms with Crippen LogP contribution >= 0.6 is 0 Å². The zero-order valence-electron chi connectivity index (χ0n) is 7.55. The number of benzene rings is 1. The van der Waals surface area contributed by atoms with Gasteiger partial charge in [-0.25, -0.2) is 4.99 Å². The lowest BCUT2D eigenvalue weighted by Crippen LogP contribution is -2.22. The molecule has 0 aliphatic carbocycles. The van der Waals surface area contributed by atoms with Gasteiger partial charge in [0.2, 0.25) is 5.72 Å². The normalized spacial score (nSPS) is 26.6. The molecule has 0 bridgehead atoms. The van der Waals surface area contributed by atoms with Crippen LogP contribution in [-0.4, -0.2) is 5.72 Å². The molecule has 2 heteroatoms. The molecule has 0 aromatic heterocycles. The van der Waals surface area contributed by atoms with Crippen molar-refractivity contribution < 1.29 is 4.74 Å². The number of hydrogen-bond donors (Lipinski definition) is 0. The van der Waals surface area contributed by atoms with Crippen molar-refractivity contribution in [2.24, 2.45) is 4.99 Å². The number of fused-ring (bicyclic) bond motifs is 1. The number of allylic oxidation sites excluding steroid dienone is 2. The van der Waals surface area contributed by atoms with Gasteiger partial charge in [0.15, 0.2) is 0 Å². The van der Waals surface area contributed by atoms with E-state index in [9.17, 15) is 0 Å². The second-order valence-electron chi connectivity index (χ2n) is 3.37. The lowest BCUT2D eigenvalue weighted by atomic mass is 10.1. The first-order valence-corrected chi connectivity index (χ1v) is 4.58. The molecule has 2 aliphatic heterocycles. The minimum Gasteiger partial charge on any atom is -0.466 e. The highest BCUT2D eigenvalue weighted by atomic mass is 16.5. The topological polar surface area (TPSA) is 21.6 Å². The molecule has 0 saturated carbocycles. The smallest absolute Gasteiger partial charge is 0.239 e. The highest BCUT2D eigenvalue weighted by molar-refractivity contribution is 5.45. The van der Waals surface area contributed by atoms with Crippen LogP contribution in [0.1, 0.15) is 0 Å². The summed E-state index contributed by atoms with van der Waals surface area (Å²) in [5.41, 5.74) is -0.585. The molecule has 0 saturated heterocycles. The fourth-order valence-electron chi connectivity index (χ4n) is 1.73. The number of rotatable bonds is 0. The van der Waals surface area contributed by atoms with Crippen LogP contribution < -0.4 is 10.6 Å². The Hall–Kier alpha value is -1.83. The first-order chi connectivity index (χ1) is 6.88. The van der Waals surface area contributed by atoms with Crippen molar-refractivity contribution in [2.75, 3.05) is 0 Å². The molecule has 2 heterocycles. The van der Waals surface area contributed by atoms with Crippen molar-refractivity contribution in [3.8, 4) is 0 Å². The molecule has 1 aromatic carbocycles. The Labute approximate surface area is 81.5 Å². The fraction of sp³-hybridized carbons (Fsp3) is 0.0833. The number of nitrogens with zero attached hydrogens (tertiary/aromatic N) is 1. The molecule has 2 aliphatic rings. The zero-order valence-corrected chi connectivity index (χ0v) is 7.55. The van der Waals surface area contributed by atoms with E-state index in [1.807, 2.05) is 48.6 Å². The molecule has 0 amide bonds. The number of ether oxygens (including phenoxy) is 1. The van der Waals surface area contributed by atoms with E-state index >= 15 is 0 Å². The van der Waals surface area contributed by atoms with Gasteiger partial charge < -0.3 is 4.74 Å². The van der Waals surface area contributed by atoms with E-state index in [2.05, 4.69) is 4.99 Å². The van der Waals surface area contributed by atoms with Gasteiger partial charge in [0.25, 0.3) is 0 Å². The molecule has 0 radical (unpaired) electrons. The van der Waals surface area contributed by atoms with Crippen molar-refractivity contribution in [3.05, 3.63) is 59.3 Å². The van der Waals surface area contributed by atoms with Gasteiger partial charge in [-0.2, -0.15) is 0 Å². The molecule has 1 aromatic rings. The Morgan fingerprint density at radius 3 is 2.86 bits per heavy atom. The monoisotopic (exact) mass is 183 g/mol. The van der Waals surface area contributed by atoms with E-state index < -0.39 is 5.72 Å². The molecular formula is C12H9NO. The lowest BCUT2D eigenvalue weighted by Gasteiger charge is -2.21. The second kappa shape index (κ2) is 2.58. The third kappa shape index (κ3) is 1.01. The Morgan fingerprint density at radius 2 is 2.07 bits per heavy atom. The van der Waals surface area contributed by atoms with Gasteiger partial charge in [-0.05, 0) is 24.3 Å². The minimum atomic E-state index is -0.585. The van der Waals surface area contributed by atoms with E-state index in [-0.39, 0.29) is 0 Å². The Bertz CT molecular complexity index is 505. The van der Waals surface area contributed by atoms with Crippen LogP contribution in [0.4, 0.5) is 0 Å². The van der Waals surface area contributed by atoms with Gasteiger partial charge in [0.1, 0.15) is 0 Å². The average Bonchev–Trinajstić information content (AvgIpc) is 2.56. The van der Waals surface area contributed by atoms with Crippen molar-refractivity contribution >= 4 is 6.08 Å². The summed E-state index contributed by atoms with van der Waals surface area (Å²) in [7, 11) is 0. The maximum Gasteiger partial charge on any atom is 0.239 e. The zero-order chi connectivity index (χ0) is 9.43. The molecule has 0 N–H and O–H groups in total. The van der Waals surface area contributed by atoms with Gasteiger partial charge in [-0.3, -0.25) is 0 Å². The van der Waals surface area contributed by atoms with E-state index in [0.717, 1.165) is 10.6 Å². The third-order valence-corrected chi connectivity index (χ3v) is 2.38. The van der Waals surface area contributed by atoms with Crippen LogP contribution in [0.3, 0.4) is 0 Å². The van der Waals surface area contributed by atoms with Crippen LogP contribution in [-0.2, 0) is 4.74 Å².